The lowest BCUT2D eigenvalue weighted by molar-refractivity contribution is -0.126. The Morgan fingerprint density at radius 3 is 2.68 bits per heavy atom. The average Bonchev–Trinajstić information content (AvgIpc) is 3.07. The first-order chi connectivity index (χ1) is 13.4. The Morgan fingerprint density at radius 1 is 1.21 bits per heavy atom. The molecule has 2 aliphatic heterocycles. The zero-order valence-electron chi connectivity index (χ0n) is 15.5. The van der Waals surface area contributed by atoms with E-state index < -0.39 is 11.6 Å². The molecule has 1 fully saturated rings. The third-order valence-electron chi connectivity index (χ3n) is 5.90. The third-order valence-corrected chi connectivity index (χ3v) is 5.90. The summed E-state index contributed by atoms with van der Waals surface area (Å²) in [6.45, 7) is 5.77. The SMILES string of the molecule is C=C(C(=O)N1CCC2(CC1)COc1ccc(CN)cc12)c1cccc(F)c1F. The highest BCUT2D eigenvalue weighted by molar-refractivity contribution is 6.18. The predicted molar refractivity (Wildman–Crippen MR) is 103 cm³/mol. The lowest BCUT2D eigenvalue weighted by atomic mass is 9.74. The van der Waals surface area contributed by atoms with Crippen molar-refractivity contribution in [2.75, 3.05) is 19.7 Å². The minimum absolute atomic E-state index is 0.0264. The largest absolute Gasteiger partial charge is 0.492 e. The van der Waals surface area contributed by atoms with E-state index in [9.17, 15) is 13.6 Å². The first-order valence-corrected chi connectivity index (χ1v) is 9.34. The van der Waals surface area contributed by atoms with E-state index in [0.29, 0.717) is 26.2 Å². The number of ether oxygens (including phenoxy) is 1. The van der Waals surface area contributed by atoms with Crippen LogP contribution in [-0.2, 0) is 16.8 Å². The summed E-state index contributed by atoms with van der Waals surface area (Å²) >= 11 is 0. The van der Waals surface area contributed by atoms with Crippen LogP contribution in [0.25, 0.3) is 5.57 Å². The normalized spacial score (nSPS) is 17.3. The van der Waals surface area contributed by atoms with Crippen molar-refractivity contribution < 1.29 is 18.3 Å². The van der Waals surface area contributed by atoms with Gasteiger partial charge < -0.3 is 15.4 Å². The number of carbonyl (C=O) groups excluding carboxylic acids is 1. The second-order valence-electron chi connectivity index (χ2n) is 7.48. The highest BCUT2D eigenvalue weighted by Gasteiger charge is 2.44. The van der Waals surface area contributed by atoms with E-state index in [0.717, 1.165) is 35.8 Å². The highest BCUT2D eigenvalue weighted by atomic mass is 19.2. The molecule has 0 radical (unpaired) electrons. The van der Waals surface area contributed by atoms with Gasteiger partial charge >= 0.3 is 0 Å². The molecule has 1 amide bonds. The van der Waals surface area contributed by atoms with Crippen LogP contribution in [0.2, 0.25) is 0 Å². The molecule has 2 aliphatic rings. The number of likely N-dealkylation sites (tertiary alicyclic amines) is 1. The van der Waals surface area contributed by atoms with Crippen molar-refractivity contribution in [3.05, 3.63) is 71.3 Å². The summed E-state index contributed by atoms with van der Waals surface area (Å²) in [5.41, 5.74) is 7.72. The number of piperidine rings is 1. The van der Waals surface area contributed by atoms with Crippen LogP contribution >= 0.6 is 0 Å². The number of benzene rings is 2. The Balaban J connectivity index is 1.50. The number of fused-ring (bicyclic) bond motifs is 2. The number of amides is 1. The zero-order valence-corrected chi connectivity index (χ0v) is 15.5. The van der Waals surface area contributed by atoms with Crippen LogP contribution in [0.3, 0.4) is 0 Å². The molecule has 28 heavy (non-hydrogen) atoms. The summed E-state index contributed by atoms with van der Waals surface area (Å²) in [6.07, 6.45) is 1.47. The molecule has 2 heterocycles. The zero-order chi connectivity index (χ0) is 19.9. The first-order valence-electron chi connectivity index (χ1n) is 9.34. The molecule has 2 N–H and O–H groups in total. The van der Waals surface area contributed by atoms with Gasteiger partial charge in [-0.2, -0.15) is 0 Å². The molecule has 2 aromatic rings. The van der Waals surface area contributed by atoms with E-state index in [1.54, 1.807) is 4.90 Å². The van der Waals surface area contributed by atoms with E-state index >= 15 is 0 Å². The second kappa shape index (κ2) is 7.02. The molecular formula is C22H22F2N2O2. The quantitative estimate of drug-likeness (QED) is 0.826. The Bertz CT molecular complexity index is 950. The summed E-state index contributed by atoms with van der Waals surface area (Å²) in [5, 5.41) is 0. The third kappa shape index (κ3) is 2.98. The molecule has 0 bridgehead atoms. The van der Waals surface area contributed by atoms with Crippen LogP contribution in [-0.4, -0.2) is 30.5 Å². The van der Waals surface area contributed by atoms with Gasteiger partial charge in [-0.3, -0.25) is 4.79 Å². The molecule has 4 nitrogen and oxygen atoms in total. The maximum absolute atomic E-state index is 14.0. The molecule has 0 saturated carbocycles. The molecule has 6 heteroatoms. The predicted octanol–water partition coefficient (Wildman–Crippen LogP) is 3.39. The standard InChI is InChI=1S/C22H22F2N2O2/c1-14(16-3-2-4-18(23)20(16)24)21(27)26-9-7-22(8-10-26)13-28-19-6-5-15(12-25)11-17(19)22/h2-6,11H,1,7-10,12-13,25H2. The molecule has 0 unspecified atom stereocenters. The Hall–Kier alpha value is -2.73. The molecule has 0 aliphatic carbocycles. The Labute approximate surface area is 162 Å². The van der Waals surface area contributed by atoms with E-state index in [4.69, 9.17) is 10.5 Å². The van der Waals surface area contributed by atoms with E-state index in [2.05, 4.69) is 12.6 Å². The van der Waals surface area contributed by atoms with Gasteiger partial charge in [0, 0.05) is 41.7 Å². The fourth-order valence-corrected chi connectivity index (χ4v) is 4.13. The fourth-order valence-electron chi connectivity index (χ4n) is 4.13. The minimum atomic E-state index is -1.04. The van der Waals surface area contributed by atoms with Crippen molar-refractivity contribution in [2.24, 2.45) is 5.73 Å². The summed E-state index contributed by atoms with van der Waals surface area (Å²) < 4.78 is 33.4. The summed E-state index contributed by atoms with van der Waals surface area (Å²) in [7, 11) is 0. The van der Waals surface area contributed by atoms with Crippen LogP contribution in [0.15, 0.2) is 43.0 Å². The summed E-state index contributed by atoms with van der Waals surface area (Å²) in [6, 6.07) is 9.79. The lowest BCUT2D eigenvalue weighted by Crippen LogP contribution is -2.46. The minimum Gasteiger partial charge on any atom is -0.492 e. The number of halogens is 2. The van der Waals surface area contributed by atoms with Crippen molar-refractivity contribution in [3.8, 4) is 5.75 Å². The number of hydrogen-bond acceptors (Lipinski definition) is 3. The monoisotopic (exact) mass is 384 g/mol. The molecule has 146 valence electrons. The Kier molecular flexibility index (Phi) is 4.67. The van der Waals surface area contributed by atoms with Crippen LogP contribution < -0.4 is 10.5 Å². The number of rotatable bonds is 3. The lowest BCUT2D eigenvalue weighted by Gasteiger charge is -2.39. The number of nitrogens with two attached hydrogens (primary N) is 1. The molecule has 0 aromatic heterocycles. The maximum Gasteiger partial charge on any atom is 0.253 e. The van der Waals surface area contributed by atoms with Gasteiger partial charge in [0.15, 0.2) is 11.6 Å². The van der Waals surface area contributed by atoms with Crippen LogP contribution in [0.5, 0.6) is 5.75 Å². The van der Waals surface area contributed by atoms with Crippen molar-refractivity contribution in [2.45, 2.75) is 24.8 Å². The van der Waals surface area contributed by atoms with Crippen LogP contribution in [0.4, 0.5) is 8.78 Å². The van der Waals surface area contributed by atoms with Gasteiger partial charge in [-0.1, -0.05) is 30.8 Å². The fraction of sp³-hybridized carbons (Fsp3) is 0.318. The van der Waals surface area contributed by atoms with Crippen molar-refractivity contribution in [1.82, 2.24) is 4.90 Å². The topological polar surface area (TPSA) is 55.6 Å². The van der Waals surface area contributed by atoms with Gasteiger partial charge in [-0.15, -0.1) is 0 Å². The van der Waals surface area contributed by atoms with Crippen molar-refractivity contribution in [3.63, 3.8) is 0 Å². The van der Waals surface area contributed by atoms with Gasteiger partial charge in [0.25, 0.3) is 5.91 Å². The van der Waals surface area contributed by atoms with E-state index in [-0.39, 0.29) is 22.5 Å². The summed E-state index contributed by atoms with van der Waals surface area (Å²) in [5.74, 6) is -1.52. The smallest absolute Gasteiger partial charge is 0.253 e. The molecular weight excluding hydrogens is 362 g/mol. The molecule has 0 atom stereocenters. The Morgan fingerprint density at radius 2 is 1.96 bits per heavy atom. The number of carbonyl (C=O) groups is 1. The molecule has 4 rings (SSSR count). The van der Waals surface area contributed by atoms with Crippen LogP contribution in [0.1, 0.15) is 29.5 Å². The van der Waals surface area contributed by atoms with Gasteiger partial charge in [0.05, 0.1) is 6.61 Å². The molecule has 2 aromatic carbocycles. The average molecular weight is 384 g/mol. The van der Waals surface area contributed by atoms with E-state index in [1.165, 1.54) is 12.1 Å². The van der Waals surface area contributed by atoms with Gasteiger partial charge in [0.1, 0.15) is 5.75 Å². The van der Waals surface area contributed by atoms with Crippen molar-refractivity contribution in [1.29, 1.82) is 0 Å². The second-order valence-corrected chi connectivity index (χ2v) is 7.48. The molecule has 1 spiro atoms. The maximum atomic E-state index is 14.0. The van der Waals surface area contributed by atoms with Gasteiger partial charge in [-0.25, -0.2) is 8.78 Å². The van der Waals surface area contributed by atoms with Crippen molar-refractivity contribution >= 4 is 11.5 Å². The van der Waals surface area contributed by atoms with E-state index in [1.807, 2.05) is 12.1 Å². The first kappa shape index (κ1) is 18.6. The van der Waals surface area contributed by atoms with Gasteiger partial charge in [0.2, 0.25) is 0 Å². The summed E-state index contributed by atoms with van der Waals surface area (Å²) in [4.78, 5) is 14.5. The highest BCUT2D eigenvalue weighted by Crippen LogP contribution is 2.46. The number of hydrogen-bond donors (Lipinski definition) is 1. The van der Waals surface area contributed by atoms with Gasteiger partial charge in [-0.05, 0) is 30.5 Å². The number of nitrogens with zero attached hydrogens (tertiary/aromatic N) is 1. The molecule has 1 saturated heterocycles. The van der Waals surface area contributed by atoms with Crippen LogP contribution in [0, 0.1) is 11.6 Å².